The van der Waals surface area contributed by atoms with Crippen molar-refractivity contribution in [2.24, 2.45) is 0 Å². The molecule has 0 aliphatic rings. The zero-order valence-corrected chi connectivity index (χ0v) is 9.97. The van der Waals surface area contributed by atoms with Crippen molar-refractivity contribution in [2.45, 2.75) is 0 Å². The van der Waals surface area contributed by atoms with E-state index in [4.69, 9.17) is 5.11 Å². The number of carbonyl (C=O) groups is 2. The Hall–Kier alpha value is -2.76. The predicted molar refractivity (Wildman–Crippen MR) is 65.4 cm³/mol. The van der Waals surface area contributed by atoms with E-state index in [0.717, 1.165) is 12.1 Å². The lowest BCUT2D eigenvalue weighted by Gasteiger charge is -2.08. The monoisotopic (exact) mass is 278 g/mol. The Labute approximate surface area is 112 Å². The van der Waals surface area contributed by atoms with Crippen LogP contribution in [0.5, 0.6) is 5.75 Å². The van der Waals surface area contributed by atoms with Crippen LogP contribution in [-0.4, -0.2) is 17.5 Å². The molecule has 102 valence electrons. The molecule has 4 nitrogen and oxygen atoms in total. The molecule has 20 heavy (non-hydrogen) atoms. The van der Waals surface area contributed by atoms with Gasteiger partial charge in [-0.2, -0.15) is 0 Å². The van der Waals surface area contributed by atoms with Crippen molar-refractivity contribution in [3.63, 3.8) is 0 Å². The van der Waals surface area contributed by atoms with Crippen LogP contribution in [0.15, 0.2) is 36.4 Å². The number of carboxylic acids is 1. The van der Waals surface area contributed by atoms with Crippen LogP contribution in [0.1, 0.15) is 10.4 Å². The van der Waals surface area contributed by atoms with E-state index in [2.05, 4.69) is 4.74 Å². The van der Waals surface area contributed by atoms with Gasteiger partial charge in [0.15, 0.2) is 0 Å². The highest BCUT2D eigenvalue weighted by Gasteiger charge is 2.15. The summed E-state index contributed by atoms with van der Waals surface area (Å²) in [7, 11) is 0. The van der Waals surface area contributed by atoms with E-state index in [-0.39, 0.29) is 28.9 Å². The SMILES string of the molecule is O=COc1ccc(-c2ccc(F)cc2F)cc1C(=O)O. The smallest absolute Gasteiger partial charge is 0.339 e. The fourth-order valence-electron chi connectivity index (χ4n) is 1.74. The molecule has 1 N–H and O–H groups in total. The van der Waals surface area contributed by atoms with Crippen molar-refractivity contribution in [1.29, 1.82) is 0 Å². The lowest BCUT2D eigenvalue weighted by atomic mass is 10.0. The average Bonchev–Trinajstić information content (AvgIpc) is 2.39. The Balaban J connectivity index is 2.55. The second-order valence-electron chi connectivity index (χ2n) is 3.85. The first-order valence-electron chi connectivity index (χ1n) is 5.46. The summed E-state index contributed by atoms with van der Waals surface area (Å²) in [4.78, 5) is 21.3. The lowest BCUT2D eigenvalue weighted by Crippen LogP contribution is -2.02. The first-order chi connectivity index (χ1) is 9.52. The summed E-state index contributed by atoms with van der Waals surface area (Å²) < 4.78 is 31.0. The highest BCUT2D eigenvalue weighted by molar-refractivity contribution is 5.93. The summed E-state index contributed by atoms with van der Waals surface area (Å²) in [5.74, 6) is -3.03. The number of aromatic carboxylic acids is 1. The van der Waals surface area contributed by atoms with Crippen LogP contribution in [0.3, 0.4) is 0 Å². The molecular weight excluding hydrogens is 270 g/mol. The van der Waals surface area contributed by atoms with Gasteiger partial charge in [-0.25, -0.2) is 13.6 Å². The fraction of sp³-hybridized carbons (Fsp3) is 0. The van der Waals surface area contributed by atoms with E-state index in [1.807, 2.05) is 0 Å². The molecule has 2 aromatic rings. The zero-order valence-electron chi connectivity index (χ0n) is 9.97. The van der Waals surface area contributed by atoms with Gasteiger partial charge in [0.05, 0.1) is 0 Å². The number of carboxylic acid groups (broad SMARTS) is 1. The third-order valence-electron chi connectivity index (χ3n) is 2.63. The van der Waals surface area contributed by atoms with Crippen LogP contribution >= 0.6 is 0 Å². The van der Waals surface area contributed by atoms with E-state index in [1.54, 1.807) is 0 Å². The van der Waals surface area contributed by atoms with Gasteiger partial charge in [-0.1, -0.05) is 6.07 Å². The molecule has 0 atom stereocenters. The Morgan fingerprint density at radius 1 is 1.15 bits per heavy atom. The molecule has 0 aliphatic heterocycles. The van der Waals surface area contributed by atoms with Crippen LogP contribution in [-0.2, 0) is 4.79 Å². The Morgan fingerprint density at radius 2 is 1.90 bits per heavy atom. The quantitative estimate of drug-likeness (QED) is 0.873. The molecule has 0 aromatic heterocycles. The highest BCUT2D eigenvalue weighted by atomic mass is 19.1. The Morgan fingerprint density at radius 3 is 2.50 bits per heavy atom. The molecule has 0 fully saturated rings. The number of halogens is 2. The fourth-order valence-corrected chi connectivity index (χ4v) is 1.74. The maximum atomic E-state index is 13.6. The first kappa shape index (κ1) is 13.7. The van der Waals surface area contributed by atoms with Gasteiger partial charge in [0.2, 0.25) is 0 Å². The molecule has 0 saturated carbocycles. The largest absolute Gasteiger partial charge is 0.478 e. The van der Waals surface area contributed by atoms with Crippen LogP contribution in [0.2, 0.25) is 0 Å². The summed E-state index contributed by atoms with van der Waals surface area (Å²) in [6, 6.07) is 6.72. The maximum absolute atomic E-state index is 13.6. The minimum absolute atomic E-state index is 0.0477. The predicted octanol–water partition coefficient (Wildman–Crippen LogP) is 2.87. The normalized spacial score (nSPS) is 10.1. The zero-order chi connectivity index (χ0) is 14.7. The lowest BCUT2D eigenvalue weighted by molar-refractivity contribution is -0.120. The first-order valence-corrected chi connectivity index (χ1v) is 5.46. The molecule has 6 heteroatoms. The standard InChI is InChI=1S/C14H8F2O4/c15-9-2-3-10(12(16)6-9)8-1-4-13(20-7-17)11(5-8)14(18)19/h1-7H,(H,18,19). The summed E-state index contributed by atoms with van der Waals surface area (Å²) in [5, 5.41) is 9.03. The van der Waals surface area contributed by atoms with Crippen LogP contribution in [0, 0.1) is 11.6 Å². The maximum Gasteiger partial charge on any atom is 0.339 e. The van der Waals surface area contributed by atoms with Gasteiger partial charge in [-0.3, -0.25) is 4.79 Å². The molecule has 2 aromatic carbocycles. The topological polar surface area (TPSA) is 63.6 Å². The third-order valence-corrected chi connectivity index (χ3v) is 2.63. The minimum atomic E-state index is -1.33. The molecule has 0 radical (unpaired) electrons. The molecule has 0 spiro atoms. The Kier molecular flexibility index (Phi) is 3.74. The van der Waals surface area contributed by atoms with Crippen molar-refractivity contribution >= 4 is 12.4 Å². The summed E-state index contributed by atoms with van der Waals surface area (Å²) in [5.41, 5.74) is -0.0111. The average molecular weight is 278 g/mol. The van der Waals surface area contributed by atoms with E-state index < -0.39 is 17.6 Å². The van der Waals surface area contributed by atoms with Gasteiger partial charge < -0.3 is 9.84 Å². The Bertz CT molecular complexity index is 683. The van der Waals surface area contributed by atoms with Gasteiger partial charge in [0.25, 0.3) is 6.47 Å². The van der Waals surface area contributed by atoms with Gasteiger partial charge in [0.1, 0.15) is 22.9 Å². The van der Waals surface area contributed by atoms with Gasteiger partial charge >= 0.3 is 5.97 Å². The van der Waals surface area contributed by atoms with Gasteiger partial charge in [0, 0.05) is 11.6 Å². The van der Waals surface area contributed by atoms with Crippen molar-refractivity contribution < 1.29 is 28.2 Å². The van der Waals surface area contributed by atoms with Crippen molar-refractivity contribution in [1.82, 2.24) is 0 Å². The van der Waals surface area contributed by atoms with Crippen molar-refractivity contribution in [2.75, 3.05) is 0 Å². The number of carbonyl (C=O) groups excluding carboxylic acids is 1. The molecule has 0 bridgehead atoms. The van der Waals surface area contributed by atoms with Crippen LogP contribution in [0.25, 0.3) is 11.1 Å². The van der Waals surface area contributed by atoms with Gasteiger partial charge in [-0.05, 0) is 29.8 Å². The highest BCUT2D eigenvalue weighted by Crippen LogP contribution is 2.28. The minimum Gasteiger partial charge on any atom is -0.478 e. The number of ether oxygens (including phenoxy) is 1. The van der Waals surface area contributed by atoms with Crippen molar-refractivity contribution in [3.05, 3.63) is 53.6 Å². The second-order valence-corrected chi connectivity index (χ2v) is 3.85. The molecule has 0 amide bonds. The third kappa shape index (κ3) is 2.64. The molecule has 0 unspecified atom stereocenters. The molecule has 0 heterocycles. The molecule has 0 saturated heterocycles. The van der Waals surface area contributed by atoms with E-state index in [0.29, 0.717) is 6.07 Å². The number of hydrogen-bond acceptors (Lipinski definition) is 3. The number of rotatable bonds is 4. The number of hydrogen-bond donors (Lipinski definition) is 1. The number of benzene rings is 2. The van der Waals surface area contributed by atoms with E-state index >= 15 is 0 Å². The van der Waals surface area contributed by atoms with E-state index in [9.17, 15) is 18.4 Å². The van der Waals surface area contributed by atoms with E-state index in [1.165, 1.54) is 18.2 Å². The second kappa shape index (κ2) is 5.48. The summed E-state index contributed by atoms with van der Waals surface area (Å²) >= 11 is 0. The molecular formula is C14H8F2O4. The molecule has 2 rings (SSSR count). The van der Waals surface area contributed by atoms with Gasteiger partial charge in [-0.15, -0.1) is 0 Å². The molecule has 0 aliphatic carbocycles. The van der Waals surface area contributed by atoms with Crippen LogP contribution in [0.4, 0.5) is 8.78 Å². The van der Waals surface area contributed by atoms with Crippen LogP contribution < -0.4 is 4.74 Å². The van der Waals surface area contributed by atoms with Crippen molar-refractivity contribution in [3.8, 4) is 16.9 Å². The summed E-state index contributed by atoms with van der Waals surface area (Å²) in [6.07, 6.45) is 0. The summed E-state index contributed by atoms with van der Waals surface area (Å²) in [6.45, 7) is 0.0971.